The molecule has 2 saturated heterocycles. The molecular weight excluding hydrogens is 544 g/mol. The molecule has 0 atom stereocenters. The van der Waals surface area contributed by atoms with Crippen molar-refractivity contribution in [3.63, 3.8) is 0 Å². The minimum absolute atomic E-state index is 0.0425. The Morgan fingerprint density at radius 3 is 2.33 bits per heavy atom. The normalized spacial score (nSPS) is 19.3. The van der Waals surface area contributed by atoms with Crippen LogP contribution in [0.25, 0.3) is 0 Å². The fourth-order valence-corrected chi connectivity index (χ4v) is 6.55. The summed E-state index contributed by atoms with van der Waals surface area (Å²) in [5.41, 5.74) is 3.87. The average molecular weight is 587 g/mol. The molecule has 3 aromatic rings. The van der Waals surface area contributed by atoms with Crippen LogP contribution >= 0.6 is 0 Å². The summed E-state index contributed by atoms with van der Waals surface area (Å²) in [5.74, 6) is 2.20. The van der Waals surface area contributed by atoms with Crippen molar-refractivity contribution in [1.82, 2.24) is 9.80 Å². The van der Waals surface area contributed by atoms with Gasteiger partial charge in [0, 0.05) is 56.7 Å². The molecule has 1 amide bonds. The van der Waals surface area contributed by atoms with E-state index in [4.69, 9.17) is 18.9 Å². The van der Waals surface area contributed by atoms with Crippen LogP contribution in [0, 0.1) is 0 Å². The molecule has 3 aliphatic rings. The minimum Gasteiger partial charge on any atom is -0.497 e. The molecule has 8 heteroatoms. The molecule has 3 aromatic carbocycles. The predicted octanol–water partition coefficient (Wildman–Crippen LogP) is 5.73. The molecule has 8 nitrogen and oxygen atoms in total. The van der Waals surface area contributed by atoms with E-state index in [-0.39, 0.29) is 18.3 Å². The fraction of sp³-hybridized carbons (Fsp3) is 0.457. The molecule has 2 aliphatic heterocycles. The second-order valence-electron chi connectivity index (χ2n) is 11.8. The first-order valence-corrected chi connectivity index (χ1v) is 15.5. The number of ether oxygens (including phenoxy) is 4. The first kappa shape index (κ1) is 29.6. The fourth-order valence-electron chi connectivity index (χ4n) is 6.55. The van der Waals surface area contributed by atoms with E-state index in [0.717, 1.165) is 69.6 Å². The van der Waals surface area contributed by atoms with Crippen molar-refractivity contribution in [3.8, 4) is 17.2 Å². The number of benzene rings is 3. The van der Waals surface area contributed by atoms with E-state index in [1.807, 2.05) is 47.4 Å². The first-order valence-electron chi connectivity index (χ1n) is 15.5. The molecule has 1 saturated carbocycles. The third-order valence-electron chi connectivity index (χ3n) is 9.06. The number of aliphatic hydroxyl groups excluding tert-OH is 1. The molecule has 1 N–H and O–H groups in total. The van der Waals surface area contributed by atoms with Gasteiger partial charge in [0.15, 0.2) is 5.79 Å². The highest BCUT2D eigenvalue weighted by Gasteiger charge is 2.40. The van der Waals surface area contributed by atoms with Gasteiger partial charge in [-0.05, 0) is 84.8 Å². The monoisotopic (exact) mass is 586 g/mol. The molecule has 228 valence electrons. The molecule has 0 bridgehead atoms. The van der Waals surface area contributed by atoms with Crippen molar-refractivity contribution in [1.29, 1.82) is 0 Å². The van der Waals surface area contributed by atoms with Crippen LogP contribution in [0.5, 0.6) is 17.2 Å². The quantitative estimate of drug-likeness (QED) is 0.361. The highest BCUT2D eigenvalue weighted by molar-refractivity contribution is 5.94. The summed E-state index contributed by atoms with van der Waals surface area (Å²) in [6.07, 6.45) is 4.73. The SMILES string of the molecule is COc1ccc(CN2CCCN(C(=O)c3ccc(Oc4ccc(C5CCC6(CC5)OCCO6)cc4CO)cc3)CC2)cc1. The van der Waals surface area contributed by atoms with E-state index >= 15 is 0 Å². The van der Waals surface area contributed by atoms with Crippen LogP contribution in [0.4, 0.5) is 0 Å². The van der Waals surface area contributed by atoms with Crippen molar-refractivity contribution in [2.75, 3.05) is 46.5 Å². The van der Waals surface area contributed by atoms with Gasteiger partial charge in [-0.25, -0.2) is 0 Å². The Kier molecular flexibility index (Phi) is 9.28. The maximum absolute atomic E-state index is 13.3. The van der Waals surface area contributed by atoms with Gasteiger partial charge in [0.25, 0.3) is 5.91 Å². The molecule has 43 heavy (non-hydrogen) atoms. The molecule has 6 rings (SSSR count). The Morgan fingerprint density at radius 2 is 1.63 bits per heavy atom. The van der Waals surface area contributed by atoms with E-state index in [9.17, 15) is 9.90 Å². The topological polar surface area (TPSA) is 80.7 Å². The van der Waals surface area contributed by atoms with E-state index in [1.54, 1.807) is 7.11 Å². The number of carbonyl (C=O) groups is 1. The average Bonchev–Trinajstić information content (AvgIpc) is 3.37. The van der Waals surface area contributed by atoms with Gasteiger partial charge in [-0.2, -0.15) is 0 Å². The summed E-state index contributed by atoms with van der Waals surface area (Å²) in [6, 6.07) is 21.6. The lowest BCUT2D eigenvalue weighted by atomic mass is 9.80. The predicted molar refractivity (Wildman–Crippen MR) is 164 cm³/mol. The number of nitrogens with zero attached hydrogens (tertiary/aromatic N) is 2. The number of hydrogen-bond acceptors (Lipinski definition) is 7. The largest absolute Gasteiger partial charge is 0.497 e. The van der Waals surface area contributed by atoms with E-state index < -0.39 is 0 Å². The van der Waals surface area contributed by atoms with E-state index in [0.29, 0.717) is 42.7 Å². The second kappa shape index (κ2) is 13.5. The third kappa shape index (κ3) is 7.04. The Morgan fingerprint density at radius 1 is 0.907 bits per heavy atom. The summed E-state index contributed by atoms with van der Waals surface area (Å²) in [6.45, 7) is 5.35. The van der Waals surface area contributed by atoms with Gasteiger partial charge in [0.05, 0.1) is 26.9 Å². The van der Waals surface area contributed by atoms with Crippen molar-refractivity contribution in [2.45, 2.75) is 57.0 Å². The standard InChI is InChI=1S/C35H42N2O6/c1-40-31-8-3-26(4-9-31)24-36-17-2-18-37(20-19-36)34(39)28-5-10-32(11-6-28)43-33-12-7-29(23-30(33)25-38)27-13-15-35(16-14-27)41-21-22-42-35/h3-12,23,27,38H,2,13-22,24-25H2,1H3. The number of methoxy groups -OCH3 is 1. The molecule has 0 aromatic heterocycles. The molecule has 2 heterocycles. The Hall–Kier alpha value is -3.43. The molecule has 0 unspecified atom stereocenters. The van der Waals surface area contributed by atoms with Crippen LogP contribution < -0.4 is 9.47 Å². The van der Waals surface area contributed by atoms with Crippen LogP contribution in [-0.2, 0) is 22.6 Å². The lowest BCUT2D eigenvalue weighted by Crippen LogP contribution is -2.35. The third-order valence-corrected chi connectivity index (χ3v) is 9.06. The highest BCUT2D eigenvalue weighted by Crippen LogP contribution is 2.43. The van der Waals surface area contributed by atoms with Gasteiger partial charge < -0.3 is 29.0 Å². The van der Waals surface area contributed by atoms with Crippen LogP contribution in [0.2, 0.25) is 0 Å². The first-order chi connectivity index (χ1) is 21.0. The summed E-state index contributed by atoms with van der Waals surface area (Å²) in [4.78, 5) is 17.7. The number of rotatable bonds is 8. The molecule has 1 spiro atoms. The van der Waals surface area contributed by atoms with Crippen molar-refractivity contribution < 1.29 is 28.8 Å². The molecular formula is C35H42N2O6. The number of aliphatic hydroxyl groups is 1. The smallest absolute Gasteiger partial charge is 0.253 e. The summed E-state index contributed by atoms with van der Waals surface area (Å²) >= 11 is 0. The van der Waals surface area contributed by atoms with Crippen LogP contribution in [0.15, 0.2) is 66.7 Å². The van der Waals surface area contributed by atoms with Crippen molar-refractivity contribution in [2.24, 2.45) is 0 Å². The zero-order valence-corrected chi connectivity index (χ0v) is 25.0. The van der Waals surface area contributed by atoms with Gasteiger partial charge in [0.1, 0.15) is 17.2 Å². The second-order valence-corrected chi connectivity index (χ2v) is 11.8. The Balaban J connectivity index is 1.03. The molecule has 1 aliphatic carbocycles. The van der Waals surface area contributed by atoms with Gasteiger partial charge in [-0.1, -0.05) is 18.2 Å². The zero-order chi connectivity index (χ0) is 29.6. The number of hydrogen-bond donors (Lipinski definition) is 1. The van der Waals surface area contributed by atoms with E-state index in [1.165, 1.54) is 11.1 Å². The number of amides is 1. The van der Waals surface area contributed by atoms with Gasteiger partial charge in [-0.15, -0.1) is 0 Å². The maximum atomic E-state index is 13.3. The lowest BCUT2D eigenvalue weighted by molar-refractivity contribution is -0.178. The Bertz CT molecular complexity index is 1360. The van der Waals surface area contributed by atoms with E-state index in [2.05, 4.69) is 29.2 Å². The molecule has 0 radical (unpaired) electrons. The maximum Gasteiger partial charge on any atom is 0.253 e. The highest BCUT2D eigenvalue weighted by atomic mass is 16.7. The minimum atomic E-state index is -0.377. The van der Waals surface area contributed by atoms with Crippen molar-refractivity contribution >= 4 is 5.91 Å². The molecule has 3 fully saturated rings. The van der Waals surface area contributed by atoms with Gasteiger partial charge in [-0.3, -0.25) is 9.69 Å². The van der Waals surface area contributed by atoms with Gasteiger partial charge in [0.2, 0.25) is 0 Å². The number of carbonyl (C=O) groups excluding carboxylic acids is 1. The summed E-state index contributed by atoms with van der Waals surface area (Å²) in [7, 11) is 1.68. The van der Waals surface area contributed by atoms with Crippen molar-refractivity contribution in [3.05, 3.63) is 89.0 Å². The van der Waals surface area contributed by atoms with Gasteiger partial charge >= 0.3 is 0 Å². The van der Waals surface area contributed by atoms with Crippen LogP contribution in [0.3, 0.4) is 0 Å². The lowest BCUT2D eigenvalue weighted by Gasteiger charge is -2.35. The Labute approximate surface area is 254 Å². The van der Waals surface area contributed by atoms with Crippen LogP contribution in [0.1, 0.15) is 65.1 Å². The summed E-state index contributed by atoms with van der Waals surface area (Å²) in [5, 5.41) is 10.1. The zero-order valence-electron chi connectivity index (χ0n) is 25.0. The van der Waals surface area contributed by atoms with Crippen LogP contribution in [-0.4, -0.2) is 73.1 Å². The summed E-state index contributed by atoms with van der Waals surface area (Å²) < 4.78 is 23.2.